The van der Waals surface area contributed by atoms with Crippen molar-refractivity contribution >= 4 is 11.6 Å². The average Bonchev–Trinajstić information content (AvgIpc) is 2.49. The second-order valence-electron chi connectivity index (χ2n) is 5.77. The van der Waals surface area contributed by atoms with Crippen LogP contribution < -0.4 is 5.32 Å². The van der Waals surface area contributed by atoms with Gasteiger partial charge in [0, 0.05) is 16.6 Å². The molecule has 0 radical (unpaired) electrons. The Morgan fingerprint density at radius 1 is 1.15 bits per heavy atom. The van der Waals surface area contributed by atoms with E-state index >= 15 is 0 Å². The third-order valence-electron chi connectivity index (χ3n) is 4.97. The SMILES string of the molecule is CCN(CC)C1(c2ccc(Cl)cc2)CCC(NC)CC1. The van der Waals surface area contributed by atoms with Crippen LogP contribution in [-0.2, 0) is 5.54 Å². The maximum atomic E-state index is 6.07. The van der Waals surface area contributed by atoms with Crippen molar-refractivity contribution in [2.45, 2.75) is 51.1 Å². The summed E-state index contributed by atoms with van der Waals surface area (Å²) in [5.41, 5.74) is 1.63. The molecule has 0 heterocycles. The minimum atomic E-state index is 0.196. The number of nitrogens with one attached hydrogen (secondary N) is 1. The number of hydrogen-bond donors (Lipinski definition) is 1. The molecule has 0 atom stereocenters. The number of benzene rings is 1. The van der Waals surface area contributed by atoms with Crippen LogP contribution in [0.2, 0.25) is 5.02 Å². The summed E-state index contributed by atoms with van der Waals surface area (Å²) >= 11 is 6.07. The summed E-state index contributed by atoms with van der Waals surface area (Å²) in [7, 11) is 2.08. The summed E-state index contributed by atoms with van der Waals surface area (Å²) in [6, 6.07) is 9.19. The summed E-state index contributed by atoms with van der Waals surface area (Å²) in [6.07, 6.45) is 4.94. The van der Waals surface area contributed by atoms with Gasteiger partial charge in [-0.3, -0.25) is 4.90 Å². The molecule has 0 saturated heterocycles. The Balaban J connectivity index is 2.32. The fourth-order valence-electron chi connectivity index (χ4n) is 3.76. The third kappa shape index (κ3) is 3.03. The first kappa shape index (κ1) is 15.8. The van der Waals surface area contributed by atoms with Gasteiger partial charge >= 0.3 is 0 Å². The van der Waals surface area contributed by atoms with Crippen molar-refractivity contribution in [3.05, 3.63) is 34.9 Å². The molecule has 1 fully saturated rings. The van der Waals surface area contributed by atoms with Crippen LogP contribution in [-0.4, -0.2) is 31.1 Å². The second-order valence-corrected chi connectivity index (χ2v) is 6.21. The number of nitrogens with zero attached hydrogens (tertiary/aromatic N) is 1. The number of hydrogen-bond acceptors (Lipinski definition) is 2. The van der Waals surface area contributed by atoms with Gasteiger partial charge in [0.1, 0.15) is 0 Å². The molecule has 1 aliphatic carbocycles. The van der Waals surface area contributed by atoms with Crippen molar-refractivity contribution in [2.24, 2.45) is 0 Å². The van der Waals surface area contributed by atoms with Gasteiger partial charge in [-0.2, -0.15) is 0 Å². The molecule has 0 amide bonds. The minimum absolute atomic E-state index is 0.196. The molecular formula is C17H27ClN2. The molecule has 1 N–H and O–H groups in total. The summed E-state index contributed by atoms with van der Waals surface area (Å²) in [6.45, 7) is 6.74. The first-order valence-corrected chi connectivity index (χ1v) is 8.22. The predicted octanol–water partition coefficient (Wildman–Crippen LogP) is 4.04. The van der Waals surface area contributed by atoms with Crippen LogP contribution in [0.25, 0.3) is 0 Å². The first-order chi connectivity index (χ1) is 9.66. The largest absolute Gasteiger partial charge is 0.317 e. The Morgan fingerprint density at radius 3 is 2.15 bits per heavy atom. The number of rotatable bonds is 5. The zero-order chi connectivity index (χ0) is 14.6. The quantitative estimate of drug-likeness (QED) is 0.882. The van der Waals surface area contributed by atoms with E-state index in [1.807, 2.05) is 12.1 Å². The normalized spacial score (nSPS) is 26.9. The standard InChI is InChI=1S/C17H27ClN2/c1-4-20(5-2)17(12-10-16(19-3)11-13-17)14-6-8-15(18)9-7-14/h6-9,16,19H,4-5,10-13H2,1-3H3. The molecule has 1 aromatic carbocycles. The molecule has 2 nitrogen and oxygen atoms in total. The zero-order valence-electron chi connectivity index (χ0n) is 13.0. The van der Waals surface area contributed by atoms with Crippen LogP contribution in [0, 0.1) is 0 Å². The van der Waals surface area contributed by atoms with Crippen molar-refractivity contribution in [3.8, 4) is 0 Å². The number of halogens is 1. The summed E-state index contributed by atoms with van der Waals surface area (Å²) in [4.78, 5) is 2.63. The Hall–Kier alpha value is -0.570. The van der Waals surface area contributed by atoms with Gasteiger partial charge in [0.05, 0.1) is 0 Å². The predicted molar refractivity (Wildman–Crippen MR) is 87.4 cm³/mol. The van der Waals surface area contributed by atoms with Crippen molar-refractivity contribution in [1.29, 1.82) is 0 Å². The van der Waals surface area contributed by atoms with Gasteiger partial charge in [-0.1, -0.05) is 37.6 Å². The van der Waals surface area contributed by atoms with Crippen molar-refractivity contribution in [2.75, 3.05) is 20.1 Å². The molecule has 1 saturated carbocycles. The van der Waals surface area contributed by atoms with Crippen LogP contribution in [0.15, 0.2) is 24.3 Å². The Kier molecular flexibility index (Phi) is 5.48. The van der Waals surface area contributed by atoms with Crippen LogP contribution in [0.1, 0.15) is 45.1 Å². The molecule has 1 aliphatic rings. The van der Waals surface area contributed by atoms with Crippen molar-refractivity contribution in [3.63, 3.8) is 0 Å². The van der Waals surface area contributed by atoms with Crippen molar-refractivity contribution < 1.29 is 0 Å². The van der Waals surface area contributed by atoms with Crippen LogP contribution >= 0.6 is 11.6 Å². The molecule has 1 aromatic rings. The average molecular weight is 295 g/mol. The van der Waals surface area contributed by atoms with Crippen LogP contribution in [0.5, 0.6) is 0 Å². The summed E-state index contributed by atoms with van der Waals surface area (Å²) in [5.74, 6) is 0. The highest BCUT2D eigenvalue weighted by atomic mass is 35.5. The van der Waals surface area contributed by atoms with Gasteiger partial charge < -0.3 is 5.32 Å². The molecule has 3 heteroatoms. The first-order valence-electron chi connectivity index (χ1n) is 7.84. The van der Waals surface area contributed by atoms with Gasteiger partial charge in [-0.05, 0) is 63.5 Å². The lowest BCUT2D eigenvalue weighted by atomic mass is 9.73. The molecular weight excluding hydrogens is 268 g/mol. The molecule has 0 spiro atoms. The van der Waals surface area contributed by atoms with E-state index in [2.05, 4.69) is 43.2 Å². The van der Waals surface area contributed by atoms with Crippen LogP contribution in [0.3, 0.4) is 0 Å². The Bertz CT molecular complexity index is 404. The molecule has 0 aliphatic heterocycles. The lowest BCUT2D eigenvalue weighted by Gasteiger charge is -2.48. The lowest BCUT2D eigenvalue weighted by molar-refractivity contribution is 0.0482. The lowest BCUT2D eigenvalue weighted by Crippen LogP contribution is -2.50. The molecule has 0 bridgehead atoms. The summed E-state index contributed by atoms with van der Waals surface area (Å²) in [5, 5.41) is 4.26. The topological polar surface area (TPSA) is 15.3 Å². The highest BCUT2D eigenvalue weighted by molar-refractivity contribution is 6.30. The molecule has 2 rings (SSSR count). The van der Waals surface area contributed by atoms with Gasteiger partial charge in [0.25, 0.3) is 0 Å². The smallest absolute Gasteiger partial charge is 0.0461 e. The van der Waals surface area contributed by atoms with Gasteiger partial charge in [0.2, 0.25) is 0 Å². The molecule has 0 unspecified atom stereocenters. The molecule has 112 valence electrons. The van der Waals surface area contributed by atoms with E-state index in [-0.39, 0.29) is 5.54 Å². The maximum absolute atomic E-state index is 6.07. The molecule has 0 aromatic heterocycles. The van der Waals surface area contributed by atoms with E-state index < -0.39 is 0 Å². The summed E-state index contributed by atoms with van der Waals surface area (Å²) < 4.78 is 0. The van der Waals surface area contributed by atoms with E-state index in [0.717, 1.165) is 18.1 Å². The maximum Gasteiger partial charge on any atom is 0.0461 e. The Morgan fingerprint density at radius 2 is 1.70 bits per heavy atom. The van der Waals surface area contributed by atoms with E-state index in [0.29, 0.717) is 6.04 Å². The zero-order valence-corrected chi connectivity index (χ0v) is 13.7. The van der Waals surface area contributed by atoms with Crippen molar-refractivity contribution in [1.82, 2.24) is 10.2 Å². The van der Waals surface area contributed by atoms with Gasteiger partial charge in [0.15, 0.2) is 0 Å². The van der Waals surface area contributed by atoms with Gasteiger partial charge in [-0.15, -0.1) is 0 Å². The third-order valence-corrected chi connectivity index (χ3v) is 5.22. The van der Waals surface area contributed by atoms with E-state index in [1.54, 1.807) is 0 Å². The Labute approximate surface area is 128 Å². The highest BCUT2D eigenvalue weighted by Gasteiger charge is 2.40. The fraction of sp³-hybridized carbons (Fsp3) is 0.647. The van der Waals surface area contributed by atoms with E-state index in [4.69, 9.17) is 11.6 Å². The molecule has 20 heavy (non-hydrogen) atoms. The van der Waals surface area contributed by atoms with Gasteiger partial charge in [-0.25, -0.2) is 0 Å². The monoisotopic (exact) mass is 294 g/mol. The van der Waals surface area contributed by atoms with Crippen LogP contribution in [0.4, 0.5) is 0 Å². The minimum Gasteiger partial charge on any atom is -0.317 e. The fourth-order valence-corrected chi connectivity index (χ4v) is 3.89. The second kappa shape index (κ2) is 6.93. The highest BCUT2D eigenvalue weighted by Crippen LogP contribution is 2.42. The van der Waals surface area contributed by atoms with E-state index in [9.17, 15) is 0 Å². The van der Waals surface area contributed by atoms with E-state index in [1.165, 1.54) is 31.2 Å².